The first-order valence-electron chi connectivity index (χ1n) is 8.08. The topological polar surface area (TPSA) is 38.8 Å². The number of methoxy groups -OCH3 is 2. The summed E-state index contributed by atoms with van der Waals surface area (Å²) in [4.78, 5) is 14.7. The van der Waals surface area contributed by atoms with E-state index in [1.165, 1.54) is 5.56 Å². The lowest BCUT2D eigenvalue weighted by Gasteiger charge is -2.24. The highest BCUT2D eigenvalue weighted by atomic mass is 16.5. The fraction of sp³-hybridized carbons (Fsp3) is 0.350. The Bertz CT molecular complexity index is 725. The number of hydrogen-bond donors (Lipinski definition) is 0. The third-order valence-corrected chi connectivity index (χ3v) is 4.09. The molecular formula is C20H25NO3. The molecule has 2 rings (SSSR count). The molecule has 0 bridgehead atoms. The first kappa shape index (κ1) is 17.9. The van der Waals surface area contributed by atoms with Gasteiger partial charge in [0.2, 0.25) is 5.91 Å². The van der Waals surface area contributed by atoms with Gasteiger partial charge in [0.05, 0.1) is 20.6 Å². The molecule has 0 fully saturated rings. The average molecular weight is 327 g/mol. The number of rotatable bonds is 6. The summed E-state index contributed by atoms with van der Waals surface area (Å²) >= 11 is 0. The van der Waals surface area contributed by atoms with Crippen LogP contribution in [0.5, 0.6) is 11.5 Å². The van der Waals surface area contributed by atoms with Crippen molar-refractivity contribution in [2.24, 2.45) is 0 Å². The molecule has 1 amide bonds. The molecule has 4 nitrogen and oxygen atoms in total. The van der Waals surface area contributed by atoms with E-state index in [0.29, 0.717) is 18.0 Å². The van der Waals surface area contributed by atoms with Crippen LogP contribution in [0.2, 0.25) is 0 Å². The van der Waals surface area contributed by atoms with Crippen LogP contribution in [-0.4, -0.2) is 26.7 Å². The Morgan fingerprint density at radius 2 is 1.79 bits per heavy atom. The fourth-order valence-corrected chi connectivity index (χ4v) is 2.87. The van der Waals surface area contributed by atoms with E-state index >= 15 is 0 Å². The Morgan fingerprint density at radius 3 is 2.38 bits per heavy atom. The lowest BCUT2D eigenvalue weighted by Crippen LogP contribution is -2.32. The van der Waals surface area contributed by atoms with Gasteiger partial charge in [0.1, 0.15) is 11.5 Å². The van der Waals surface area contributed by atoms with Gasteiger partial charge >= 0.3 is 0 Å². The van der Waals surface area contributed by atoms with E-state index in [0.717, 1.165) is 16.8 Å². The van der Waals surface area contributed by atoms with E-state index in [1.807, 2.05) is 49.1 Å². The highest BCUT2D eigenvalue weighted by Crippen LogP contribution is 2.27. The molecule has 0 N–H and O–H groups in total. The first-order valence-corrected chi connectivity index (χ1v) is 8.08. The number of likely N-dealkylation sites (N-methyl/N-ethyl adjacent to an activating group) is 1. The Morgan fingerprint density at radius 1 is 1.04 bits per heavy atom. The van der Waals surface area contributed by atoms with Crippen molar-refractivity contribution in [2.45, 2.75) is 27.2 Å². The molecule has 2 aromatic carbocycles. The number of carbonyl (C=O) groups excluding carboxylic acids is 1. The number of amides is 1. The molecule has 0 radical (unpaired) electrons. The van der Waals surface area contributed by atoms with Crippen LogP contribution < -0.4 is 14.4 Å². The lowest BCUT2D eigenvalue weighted by molar-refractivity contribution is -0.118. The summed E-state index contributed by atoms with van der Waals surface area (Å²) in [6, 6.07) is 11.6. The van der Waals surface area contributed by atoms with Gasteiger partial charge in [-0.2, -0.15) is 0 Å². The SMILES string of the molecule is CCN(C(=O)Cc1cc(OC)ccc1OC)c1ccc(C)cc1C. The number of aryl methyl sites for hydroxylation is 2. The highest BCUT2D eigenvalue weighted by molar-refractivity contribution is 5.95. The molecule has 0 heterocycles. The molecule has 24 heavy (non-hydrogen) atoms. The van der Waals surface area contributed by atoms with Gasteiger partial charge in [-0.05, 0) is 50.6 Å². The van der Waals surface area contributed by atoms with Gasteiger partial charge < -0.3 is 14.4 Å². The van der Waals surface area contributed by atoms with Crippen molar-refractivity contribution < 1.29 is 14.3 Å². The maximum absolute atomic E-state index is 12.9. The van der Waals surface area contributed by atoms with Gasteiger partial charge in [0, 0.05) is 17.8 Å². The third-order valence-electron chi connectivity index (χ3n) is 4.09. The van der Waals surface area contributed by atoms with Gasteiger partial charge in [0.25, 0.3) is 0 Å². The standard InChI is InChI=1S/C20H25NO3/c1-6-21(18-9-7-14(2)11-15(18)3)20(22)13-16-12-17(23-4)8-10-19(16)24-5/h7-12H,6,13H2,1-5H3. The van der Waals surface area contributed by atoms with Crippen molar-refractivity contribution in [3.63, 3.8) is 0 Å². The van der Waals surface area contributed by atoms with Crippen molar-refractivity contribution >= 4 is 11.6 Å². The van der Waals surface area contributed by atoms with Gasteiger partial charge in [-0.3, -0.25) is 4.79 Å². The first-order chi connectivity index (χ1) is 11.5. The Labute approximate surface area is 144 Å². The minimum atomic E-state index is 0.0380. The molecule has 128 valence electrons. The summed E-state index contributed by atoms with van der Waals surface area (Å²) in [5.41, 5.74) is 4.07. The summed E-state index contributed by atoms with van der Waals surface area (Å²) in [5.74, 6) is 1.45. The molecular weight excluding hydrogens is 302 g/mol. The number of hydrogen-bond acceptors (Lipinski definition) is 3. The summed E-state index contributed by atoms with van der Waals surface area (Å²) in [6.07, 6.45) is 0.265. The van der Waals surface area contributed by atoms with E-state index in [4.69, 9.17) is 9.47 Å². The zero-order chi connectivity index (χ0) is 17.7. The van der Waals surface area contributed by atoms with Gasteiger partial charge in [-0.1, -0.05) is 17.7 Å². The molecule has 0 saturated heterocycles. The van der Waals surface area contributed by atoms with E-state index in [1.54, 1.807) is 14.2 Å². The molecule has 0 unspecified atom stereocenters. The molecule has 0 atom stereocenters. The minimum absolute atomic E-state index is 0.0380. The smallest absolute Gasteiger partial charge is 0.231 e. The lowest BCUT2D eigenvalue weighted by atomic mass is 10.1. The molecule has 4 heteroatoms. The van der Waals surface area contributed by atoms with E-state index in [-0.39, 0.29) is 12.3 Å². The molecule has 0 aromatic heterocycles. The maximum Gasteiger partial charge on any atom is 0.231 e. The number of nitrogens with zero attached hydrogens (tertiary/aromatic N) is 1. The van der Waals surface area contributed by atoms with Crippen molar-refractivity contribution in [2.75, 3.05) is 25.7 Å². The second-order valence-electron chi connectivity index (χ2n) is 5.78. The third kappa shape index (κ3) is 3.88. The van der Waals surface area contributed by atoms with E-state index < -0.39 is 0 Å². The van der Waals surface area contributed by atoms with E-state index in [2.05, 4.69) is 13.0 Å². The average Bonchev–Trinajstić information content (AvgIpc) is 2.57. The number of carbonyl (C=O) groups is 1. The van der Waals surface area contributed by atoms with Crippen LogP contribution in [0.25, 0.3) is 0 Å². The highest BCUT2D eigenvalue weighted by Gasteiger charge is 2.18. The predicted octanol–water partition coefficient (Wildman–Crippen LogP) is 3.92. The van der Waals surface area contributed by atoms with Crippen LogP contribution >= 0.6 is 0 Å². The Hall–Kier alpha value is -2.49. The number of anilines is 1. The Balaban J connectivity index is 2.30. The number of benzene rings is 2. The molecule has 0 saturated carbocycles. The van der Waals surface area contributed by atoms with Crippen LogP contribution in [-0.2, 0) is 11.2 Å². The van der Waals surface area contributed by atoms with Crippen molar-refractivity contribution in [1.29, 1.82) is 0 Å². The normalized spacial score (nSPS) is 10.4. The second kappa shape index (κ2) is 7.86. The van der Waals surface area contributed by atoms with Crippen LogP contribution in [0.1, 0.15) is 23.6 Å². The second-order valence-corrected chi connectivity index (χ2v) is 5.78. The summed E-state index contributed by atoms with van der Waals surface area (Å²) in [7, 11) is 3.22. The summed E-state index contributed by atoms with van der Waals surface area (Å²) in [6.45, 7) is 6.69. The fourth-order valence-electron chi connectivity index (χ4n) is 2.87. The van der Waals surface area contributed by atoms with Crippen molar-refractivity contribution in [1.82, 2.24) is 0 Å². The minimum Gasteiger partial charge on any atom is -0.497 e. The molecule has 2 aromatic rings. The molecule has 0 spiro atoms. The van der Waals surface area contributed by atoms with Crippen LogP contribution in [0.3, 0.4) is 0 Å². The van der Waals surface area contributed by atoms with Crippen molar-refractivity contribution in [3.05, 3.63) is 53.1 Å². The quantitative estimate of drug-likeness (QED) is 0.807. The zero-order valence-corrected chi connectivity index (χ0v) is 15.1. The van der Waals surface area contributed by atoms with Gasteiger partial charge in [-0.25, -0.2) is 0 Å². The van der Waals surface area contributed by atoms with E-state index in [9.17, 15) is 4.79 Å². The monoisotopic (exact) mass is 327 g/mol. The Kier molecular flexibility index (Phi) is 5.85. The van der Waals surface area contributed by atoms with Gasteiger partial charge in [0.15, 0.2) is 0 Å². The van der Waals surface area contributed by atoms with Crippen molar-refractivity contribution in [3.8, 4) is 11.5 Å². The zero-order valence-electron chi connectivity index (χ0n) is 15.1. The summed E-state index contributed by atoms with van der Waals surface area (Å²) < 4.78 is 10.6. The van der Waals surface area contributed by atoms with Crippen LogP contribution in [0.4, 0.5) is 5.69 Å². The molecule has 0 aliphatic heterocycles. The van der Waals surface area contributed by atoms with Crippen LogP contribution in [0, 0.1) is 13.8 Å². The van der Waals surface area contributed by atoms with Gasteiger partial charge in [-0.15, -0.1) is 0 Å². The number of ether oxygens (including phenoxy) is 2. The maximum atomic E-state index is 12.9. The molecule has 0 aliphatic carbocycles. The predicted molar refractivity (Wildman–Crippen MR) is 97.2 cm³/mol. The van der Waals surface area contributed by atoms with Crippen LogP contribution in [0.15, 0.2) is 36.4 Å². The summed E-state index contributed by atoms with van der Waals surface area (Å²) in [5, 5.41) is 0. The molecule has 0 aliphatic rings. The largest absolute Gasteiger partial charge is 0.497 e.